The zero-order chi connectivity index (χ0) is 12.3. The molecule has 0 unspecified atom stereocenters. The number of allylic oxidation sites excluding steroid dienone is 1. The van der Waals surface area contributed by atoms with Crippen LogP contribution in [0.4, 0.5) is 26.3 Å². The van der Waals surface area contributed by atoms with Crippen LogP contribution in [0.3, 0.4) is 0 Å². The summed E-state index contributed by atoms with van der Waals surface area (Å²) in [5.41, 5.74) is -4.66. The Balaban J connectivity index is 4.98. The van der Waals surface area contributed by atoms with Crippen LogP contribution >= 0.6 is 0 Å². The summed E-state index contributed by atoms with van der Waals surface area (Å²) < 4.78 is 72.1. The van der Waals surface area contributed by atoms with E-state index in [2.05, 4.69) is 0 Å². The molecule has 7 heteroatoms. The maximum absolute atomic E-state index is 12.0. The highest BCUT2D eigenvalue weighted by Crippen LogP contribution is 2.45. The van der Waals surface area contributed by atoms with Gasteiger partial charge in [0, 0.05) is 6.42 Å². The minimum absolute atomic E-state index is 0.297. The summed E-state index contributed by atoms with van der Waals surface area (Å²) in [6, 6.07) is 0. The molecule has 0 aromatic carbocycles. The second-order valence-electron chi connectivity index (χ2n) is 2.94. The van der Waals surface area contributed by atoms with Crippen molar-refractivity contribution in [2.75, 3.05) is 0 Å². The molecule has 0 aliphatic carbocycles. The third-order valence-electron chi connectivity index (χ3n) is 1.75. The highest BCUT2D eigenvalue weighted by molar-refractivity contribution is 5.00. The van der Waals surface area contributed by atoms with Crippen molar-refractivity contribution in [3.8, 4) is 0 Å². The fourth-order valence-electron chi connectivity index (χ4n) is 0.813. The van der Waals surface area contributed by atoms with Crippen molar-refractivity contribution in [1.82, 2.24) is 0 Å². The minimum Gasteiger partial charge on any atom is -0.373 e. The SMILES string of the molecule is CCC=CCC(O)(C(F)(F)F)C(F)(F)F. The van der Waals surface area contributed by atoms with Crippen molar-refractivity contribution in [3.05, 3.63) is 12.2 Å². The molecule has 0 rings (SSSR count). The zero-order valence-electron chi connectivity index (χ0n) is 7.78. The molecular weight excluding hydrogens is 226 g/mol. The first-order chi connectivity index (χ1) is 6.56. The molecule has 0 heterocycles. The lowest BCUT2D eigenvalue weighted by atomic mass is 9.98. The maximum Gasteiger partial charge on any atom is 0.426 e. The number of halogens is 6. The largest absolute Gasteiger partial charge is 0.426 e. The van der Waals surface area contributed by atoms with Gasteiger partial charge in [-0.05, 0) is 6.42 Å². The molecule has 0 atom stereocenters. The molecule has 0 spiro atoms. The lowest BCUT2D eigenvalue weighted by molar-refractivity contribution is -0.366. The first-order valence-electron chi connectivity index (χ1n) is 4.07. The number of aliphatic hydroxyl groups is 1. The van der Waals surface area contributed by atoms with E-state index in [9.17, 15) is 26.3 Å². The quantitative estimate of drug-likeness (QED) is 0.589. The highest BCUT2D eigenvalue weighted by Gasteiger charge is 2.69. The molecular formula is C8H10F6O. The monoisotopic (exact) mass is 236 g/mol. The lowest BCUT2D eigenvalue weighted by Crippen LogP contribution is -2.56. The van der Waals surface area contributed by atoms with Gasteiger partial charge in [-0.25, -0.2) is 0 Å². The highest BCUT2D eigenvalue weighted by atomic mass is 19.4. The third-order valence-corrected chi connectivity index (χ3v) is 1.75. The number of alkyl halides is 6. The molecule has 0 saturated heterocycles. The number of rotatable bonds is 3. The summed E-state index contributed by atoms with van der Waals surface area (Å²) in [5, 5.41) is 8.61. The Hall–Kier alpha value is -0.720. The molecule has 0 fully saturated rings. The second-order valence-corrected chi connectivity index (χ2v) is 2.94. The predicted octanol–water partition coefficient (Wildman–Crippen LogP) is 3.20. The summed E-state index contributed by atoms with van der Waals surface area (Å²) >= 11 is 0. The van der Waals surface area contributed by atoms with E-state index in [0.29, 0.717) is 12.5 Å². The van der Waals surface area contributed by atoms with E-state index in [1.165, 1.54) is 0 Å². The first-order valence-corrected chi connectivity index (χ1v) is 4.07. The Bertz CT molecular complexity index is 212. The standard InChI is InChI=1S/C8H10F6O/c1-2-3-4-5-6(15,7(9,10)11)8(12,13)14/h3-4,15H,2,5H2,1H3. The molecule has 0 aliphatic heterocycles. The second kappa shape index (κ2) is 4.42. The molecule has 0 saturated carbocycles. The van der Waals surface area contributed by atoms with E-state index >= 15 is 0 Å². The van der Waals surface area contributed by atoms with Crippen LogP contribution < -0.4 is 0 Å². The van der Waals surface area contributed by atoms with Gasteiger partial charge >= 0.3 is 12.4 Å². The summed E-state index contributed by atoms with van der Waals surface area (Å²) in [6.45, 7) is 1.55. The minimum atomic E-state index is -5.73. The van der Waals surface area contributed by atoms with Gasteiger partial charge in [0.1, 0.15) is 0 Å². The van der Waals surface area contributed by atoms with Crippen molar-refractivity contribution >= 4 is 0 Å². The van der Waals surface area contributed by atoms with E-state index in [4.69, 9.17) is 5.11 Å². The molecule has 0 aliphatic rings. The molecule has 15 heavy (non-hydrogen) atoms. The topological polar surface area (TPSA) is 20.2 Å². The van der Waals surface area contributed by atoms with Gasteiger partial charge in [0.05, 0.1) is 0 Å². The van der Waals surface area contributed by atoms with Crippen LogP contribution in [0.15, 0.2) is 12.2 Å². The summed E-state index contributed by atoms with van der Waals surface area (Å²) in [5.74, 6) is 0. The first kappa shape index (κ1) is 14.3. The van der Waals surface area contributed by atoms with Gasteiger partial charge in [-0.15, -0.1) is 0 Å². The average molecular weight is 236 g/mol. The average Bonchev–Trinajstić information content (AvgIpc) is 2.00. The van der Waals surface area contributed by atoms with Crippen molar-refractivity contribution in [2.45, 2.75) is 37.7 Å². The van der Waals surface area contributed by atoms with Gasteiger partial charge in [0.25, 0.3) is 5.60 Å². The molecule has 90 valence electrons. The van der Waals surface area contributed by atoms with Crippen LogP contribution in [0, 0.1) is 0 Å². The molecule has 0 aromatic rings. The van der Waals surface area contributed by atoms with Gasteiger partial charge < -0.3 is 5.11 Å². The van der Waals surface area contributed by atoms with Crippen LogP contribution in [-0.4, -0.2) is 23.1 Å². The van der Waals surface area contributed by atoms with Gasteiger partial charge in [-0.1, -0.05) is 19.1 Å². The van der Waals surface area contributed by atoms with Crippen LogP contribution in [-0.2, 0) is 0 Å². The molecule has 0 radical (unpaired) electrons. The van der Waals surface area contributed by atoms with Crippen LogP contribution in [0.5, 0.6) is 0 Å². The Morgan fingerprint density at radius 3 is 1.60 bits per heavy atom. The van der Waals surface area contributed by atoms with Gasteiger partial charge in [0.15, 0.2) is 0 Å². The lowest BCUT2D eigenvalue weighted by Gasteiger charge is -2.31. The molecule has 1 nitrogen and oxygen atoms in total. The van der Waals surface area contributed by atoms with Gasteiger partial charge in [-0.2, -0.15) is 26.3 Å². The molecule has 0 aromatic heterocycles. The summed E-state index contributed by atoms with van der Waals surface area (Å²) in [6.07, 6.45) is -10.9. The van der Waals surface area contributed by atoms with Crippen LogP contribution in [0.1, 0.15) is 19.8 Å². The van der Waals surface area contributed by atoms with Gasteiger partial charge in [-0.3, -0.25) is 0 Å². The zero-order valence-corrected chi connectivity index (χ0v) is 7.78. The van der Waals surface area contributed by atoms with E-state index in [0.717, 1.165) is 6.08 Å². The van der Waals surface area contributed by atoms with E-state index in [1.807, 2.05) is 0 Å². The molecule has 0 bridgehead atoms. The Kier molecular flexibility index (Phi) is 4.21. The van der Waals surface area contributed by atoms with E-state index < -0.39 is 24.4 Å². The molecule has 0 amide bonds. The smallest absolute Gasteiger partial charge is 0.373 e. The Morgan fingerprint density at radius 1 is 0.933 bits per heavy atom. The Labute approximate surface area is 82.4 Å². The number of hydrogen-bond acceptors (Lipinski definition) is 1. The molecule has 1 N–H and O–H groups in total. The van der Waals surface area contributed by atoms with Crippen LogP contribution in [0.25, 0.3) is 0 Å². The summed E-state index contributed by atoms with van der Waals surface area (Å²) in [4.78, 5) is 0. The Morgan fingerprint density at radius 2 is 1.33 bits per heavy atom. The fourth-order valence-corrected chi connectivity index (χ4v) is 0.813. The number of hydrogen-bond donors (Lipinski definition) is 1. The van der Waals surface area contributed by atoms with E-state index in [1.54, 1.807) is 6.92 Å². The van der Waals surface area contributed by atoms with Crippen molar-refractivity contribution in [3.63, 3.8) is 0 Å². The summed E-state index contributed by atoms with van der Waals surface area (Å²) in [7, 11) is 0. The third kappa shape index (κ3) is 3.12. The maximum atomic E-state index is 12.0. The fraction of sp³-hybridized carbons (Fsp3) is 0.750. The normalized spacial score (nSPS) is 14.9. The van der Waals surface area contributed by atoms with Crippen molar-refractivity contribution in [2.24, 2.45) is 0 Å². The van der Waals surface area contributed by atoms with Crippen molar-refractivity contribution in [1.29, 1.82) is 0 Å². The van der Waals surface area contributed by atoms with E-state index in [-0.39, 0.29) is 0 Å². The predicted molar refractivity (Wildman–Crippen MR) is 41.1 cm³/mol. The van der Waals surface area contributed by atoms with Crippen LogP contribution in [0.2, 0.25) is 0 Å². The van der Waals surface area contributed by atoms with Crippen molar-refractivity contribution < 1.29 is 31.4 Å². The van der Waals surface area contributed by atoms with Gasteiger partial charge in [0.2, 0.25) is 0 Å².